The summed E-state index contributed by atoms with van der Waals surface area (Å²) >= 11 is 6.11. The minimum atomic E-state index is -0.915. The fourth-order valence-electron chi connectivity index (χ4n) is 3.15. The molecule has 0 aliphatic carbocycles. The number of ether oxygens (including phenoxy) is 2. The number of fused-ring (bicyclic) bond motifs is 2. The van der Waals surface area contributed by atoms with Crippen LogP contribution in [0.3, 0.4) is 0 Å². The first kappa shape index (κ1) is 18.0. The van der Waals surface area contributed by atoms with E-state index in [4.69, 9.17) is 21.1 Å². The number of phenolic OH excluding ortho intramolecular Hbond substituents is 2. The molecule has 3 N–H and O–H groups in total. The number of epoxide rings is 1. The average molecular weight is 369 g/mol. The molecule has 1 saturated heterocycles. The third kappa shape index (κ3) is 4.08. The number of hydrogen-bond acceptors (Lipinski definition) is 6. The van der Waals surface area contributed by atoms with Gasteiger partial charge in [0.2, 0.25) is 0 Å². The Kier molecular flexibility index (Phi) is 5.22. The molecule has 7 heteroatoms. The first-order valence-electron chi connectivity index (χ1n) is 8.31. The minimum absolute atomic E-state index is 0.0291. The minimum Gasteiger partial charge on any atom is -0.507 e. The molecule has 25 heavy (non-hydrogen) atoms. The standard InChI is InChI=1S/C18H21ClO6/c1-9-6-15-14(25-15)5-3-2-4-10(20)7-11-16(18(23)24-9)12(21)8-13(22)17(11)19/h2,4,8-10,14-15,20-22H,3,5-7H2,1H3/b4-2+/t9-,10+,14+,15+/m1/s1. The molecule has 1 aromatic carbocycles. The Bertz CT molecular complexity index is 701. The lowest BCUT2D eigenvalue weighted by Crippen LogP contribution is -2.20. The number of phenols is 2. The fraction of sp³-hybridized carbons (Fsp3) is 0.500. The van der Waals surface area contributed by atoms with Gasteiger partial charge in [0.1, 0.15) is 23.2 Å². The van der Waals surface area contributed by atoms with E-state index in [2.05, 4.69) is 0 Å². The number of aliphatic hydroxyl groups is 1. The Hall–Kier alpha value is -1.76. The van der Waals surface area contributed by atoms with E-state index in [0.29, 0.717) is 6.42 Å². The zero-order valence-corrected chi connectivity index (χ0v) is 14.6. The summed E-state index contributed by atoms with van der Waals surface area (Å²) < 4.78 is 11.0. The highest BCUT2D eigenvalue weighted by Crippen LogP contribution is 2.38. The lowest BCUT2D eigenvalue weighted by molar-refractivity contribution is 0.0305. The van der Waals surface area contributed by atoms with Crippen molar-refractivity contribution >= 4 is 17.6 Å². The van der Waals surface area contributed by atoms with Crippen molar-refractivity contribution in [2.45, 2.75) is 57.0 Å². The van der Waals surface area contributed by atoms with Crippen molar-refractivity contribution in [1.82, 2.24) is 0 Å². The lowest BCUT2D eigenvalue weighted by Gasteiger charge is -2.18. The van der Waals surface area contributed by atoms with Gasteiger partial charge in [0.05, 0.1) is 23.3 Å². The van der Waals surface area contributed by atoms with Crippen LogP contribution in [0.15, 0.2) is 18.2 Å². The maximum atomic E-state index is 12.5. The molecular formula is C18H21ClO6. The maximum Gasteiger partial charge on any atom is 0.342 e. The van der Waals surface area contributed by atoms with Crippen molar-refractivity contribution in [2.75, 3.05) is 0 Å². The summed E-state index contributed by atoms with van der Waals surface area (Å²) in [5, 5.41) is 30.1. The lowest BCUT2D eigenvalue weighted by atomic mass is 9.98. The van der Waals surface area contributed by atoms with Crippen molar-refractivity contribution in [3.05, 3.63) is 34.4 Å². The van der Waals surface area contributed by atoms with Gasteiger partial charge in [0.15, 0.2) is 0 Å². The summed E-state index contributed by atoms with van der Waals surface area (Å²) in [6, 6.07) is 0.998. The molecule has 6 nitrogen and oxygen atoms in total. The fourth-order valence-corrected chi connectivity index (χ4v) is 3.38. The highest BCUT2D eigenvalue weighted by atomic mass is 35.5. The first-order chi connectivity index (χ1) is 11.9. The zero-order valence-electron chi connectivity index (χ0n) is 13.8. The summed E-state index contributed by atoms with van der Waals surface area (Å²) in [6.45, 7) is 1.76. The van der Waals surface area contributed by atoms with E-state index in [1.165, 1.54) is 0 Å². The highest BCUT2D eigenvalue weighted by molar-refractivity contribution is 6.33. The molecular weight excluding hydrogens is 348 g/mol. The van der Waals surface area contributed by atoms with E-state index in [1.807, 2.05) is 6.08 Å². The predicted octanol–water partition coefficient (Wildman–Crippen LogP) is 2.71. The van der Waals surface area contributed by atoms with Crippen LogP contribution in [0.2, 0.25) is 5.02 Å². The Morgan fingerprint density at radius 3 is 2.76 bits per heavy atom. The smallest absolute Gasteiger partial charge is 0.342 e. The molecule has 0 saturated carbocycles. The number of rotatable bonds is 0. The summed E-state index contributed by atoms with van der Waals surface area (Å²) in [5.41, 5.74) is 0.0264. The molecule has 0 radical (unpaired) electrons. The van der Waals surface area contributed by atoms with Gasteiger partial charge in [-0.2, -0.15) is 0 Å². The van der Waals surface area contributed by atoms with Crippen LogP contribution in [0, 0.1) is 0 Å². The number of aliphatic hydroxyl groups excluding tert-OH is 1. The van der Waals surface area contributed by atoms with Crippen molar-refractivity contribution in [3.8, 4) is 11.5 Å². The SMILES string of the molecule is C[C@@H]1C[C@@H]2O[C@H]2CC/C=C/[C@H](O)Cc2c(Cl)c(O)cc(O)c2C(=O)O1. The van der Waals surface area contributed by atoms with Crippen molar-refractivity contribution in [1.29, 1.82) is 0 Å². The Morgan fingerprint density at radius 1 is 1.24 bits per heavy atom. The van der Waals surface area contributed by atoms with Crippen LogP contribution in [0.4, 0.5) is 0 Å². The maximum absolute atomic E-state index is 12.5. The summed E-state index contributed by atoms with van der Waals surface area (Å²) in [7, 11) is 0. The van der Waals surface area contributed by atoms with Crippen LogP contribution in [0.25, 0.3) is 0 Å². The second-order valence-corrected chi connectivity index (χ2v) is 6.90. The molecule has 2 aliphatic heterocycles. The second kappa shape index (κ2) is 7.23. The molecule has 2 heterocycles. The van der Waals surface area contributed by atoms with Crippen molar-refractivity contribution in [2.24, 2.45) is 0 Å². The molecule has 0 bridgehead atoms. The van der Waals surface area contributed by atoms with Crippen molar-refractivity contribution < 1.29 is 29.6 Å². The van der Waals surface area contributed by atoms with Crippen LogP contribution in [0.5, 0.6) is 11.5 Å². The largest absolute Gasteiger partial charge is 0.507 e. The monoisotopic (exact) mass is 368 g/mol. The quantitative estimate of drug-likeness (QED) is 0.370. The summed E-state index contributed by atoms with van der Waals surface area (Å²) in [4.78, 5) is 12.5. The molecule has 0 aromatic heterocycles. The molecule has 0 spiro atoms. The zero-order chi connectivity index (χ0) is 18.1. The van der Waals surface area contributed by atoms with Crippen LogP contribution < -0.4 is 0 Å². The first-order valence-corrected chi connectivity index (χ1v) is 8.69. The number of hydrogen-bond donors (Lipinski definition) is 3. The van der Waals surface area contributed by atoms with Crippen LogP contribution in [-0.2, 0) is 15.9 Å². The third-order valence-electron chi connectivity index (χ3n) is 4.47. The number of carbonyl (C=O) groups excluding carboxylic acids is 1. The van der Waals surface area contributed by atoms with E-state index in [0.717, 1.165) is 18.9 Å². The highest BCUT2D eigenvalue weighted by Gasteiger charge is 2.39. The Balaban J connectivity index is 1.96. The third-order valence-corrected chi connectivity index (χ3v) is 4.90. The van der Waals surface area contributed by atoms with Gasteiger partial charge in [-0.15, -0.1) is 0 Å². The topological polar surface area (TPSA) is 99.5 Å². The molecule has 1 fully saturated rings. The molecule has 2 aliphatic rings. The number of cyclic esters (lactones) is 1. The van der Waals surface area contributed by atoms with Gasteiger partial charge in [0, 0.05) is 18.9 Å². The Morgan fingerprint density at radius 2 is 2.00 bits per heavy atom. The second-order valence-electron chi connectivity index (χ2n) is 6.52. The van der Waals surface area contributed by atoms with Crippen LogP contribution in [0.1, 0.15) is 42.1 Å². The number of carbonyl (C=O) groups is 1. The number of aromatic hydroxyl groups is 2. The van der Waals surface area contributed by atoms with Gasteiger partial charge in [-0.25, -0.2) is 4.79 Å². The van der Waals surface area contributed by atoms with Gasteiger partial charge in [0.25, 0.3) is 0 Å². The number of allylic oxidation sites excluding steroid dienone is 1. The normalized spacial score (nSPS) is 31.2. The molecule has 0 amide bonds. The van der Waals surface area contributed by atoms with E-state index in [9.17, 15) is 20.1 Å². The van der Waals surface area contributed by atoms with Gasteiger partial charge < -0.3 is 24.8 Å². The van der Waals surface area contributed by atoms with Gasteiger partial charge in [-0.1, -0.05) is 23.8 Å². The summed E-state index contributed by atoms with van der Waals surface area (Å²) in [6.07, 6.45) is 4.51. The van der Waals surface area contributed by atoms with E-state index >= 15 is 0 Å². The van der Waals surface area contributed by atoms with Crippen molar-refractivity contribution in [3.63, 3.8) is 0 Å². The average Bonchev–Trinajstić information content (AvgIpc) is 3.25. The molecule has 0 unspecified atom stereocenters. The van der Waals surface area contributed by atoms with Crippen LogP contribution in [-0.4, -0.2) is 45.7 Å². The van der Waals surface area contributed by atoms with E-state index in [1.54, 1.807) is 13.0 Å². The molecule has 136 valence electrons. The van der Waals surface area contributed by atoms with E-state index < -0.39 is 23.9 Å². The van der Waals surface area contributed by atoms with Gasteiger partial charge >= 0.3 is 5.97 Å². The number of benzene rings is 1. The number of esters is 1. The molecule has 3 rings (SSSR count). The Labute approximate surface area is 150 Å². The van der Waals surface area contributed by atoms with Gasteiger partial charge in [-0.3, -0.25) is 0 Å². The summed E-state index contributed by atoms with van der Waals surface area (Å²) in [5.74, 6) is -1.53. The molecule has 1 aromatic rings. The predicted molar refractivity (Wildman–Crippen MR) is 91.0 cm³/mol. The van der Waals surface area contributed by atoms with Crippen LogP contribution >= 0.6 is 11.6 Å². The molecule has 4 atom stereocenters. The van der Waals surface area contributed by atoms with E-state index in [-0.39, 0.29) is 40.5 Å². The number of halogens is 1. The van der Waals surface area contributed by atoms with Gasteiger partial charge in [-0.05, 0) is 25.3 Å².